The third-order valence-electron chi connectivity index (χ3n) is 3.04. The molecule has 0 atom stereocenters. The molecule has 0 heterocycles. The quantitative estimate of drug-likeness (QED) is 0.854. The van der Waals surface area contributed by atoms with Gasteiger partial charge in [0.2, 0.25) is 0 Å². The van der Waals surface area contributed by atoms with Crippen molar-refractivity contribution in [1.29, 1.82) is 0 Å². The molecule has 0 spiro atoms. The zero-order chi connectivity index (χ0) is 14.5. The summed E-state index contributed by atoms with van der Waals surface area (Å²) < 4.78 is 5.78. The van der Waals surface area contributed by atoms with Crippen LogP contribution in [0.15, 0.2) is 46.9 Å². The van der Waals surface area contributed by atoms with Gasteiger partial charge in [0.05, 0.1) is 12.7 Å². The van der Waals surface area contributed by atoms with Crippen molar-refractivity contribution in [2.45, 2.75) is 13.5 Å². The van der Waals surface area contributed by atoms with Gasteiger partial charge in [0.15, 0.2) is 0 Å². The zero-order valence-corrected chi connectivity index (χ0v) is 13.0. The first-order valence-electron chi connectivity index (χ1n) is 6.27. The van der Waals surface area contributed by atoms with Crippen molar-refractivity contribution in [2.24, 2.45) is 0 Å². The highest BCUT2D eigenvalue weighted by molar-refractivity contribution is 9.10. The largest absolute Gasteiger partial charge is 0.465 e. The van der Waals surface area contributed by atoms with E-state index >= 15 is 0 Å². The molecule has 0 aliphatic carbocycles. The Labute approximate surface area is 127 Å². The molecular formula is C16H16BrNO2. The van der Waals surface area contributed by atoms with Crippen LogP contribution >= 0.6 is 15.9 Å². The lowest BCUT2D eigenvalue weighted by Crippen LogP contribution is -2.04. The molecule has 20 heavy (non-hydrogen) atoms. The van der Waals surface area contributed by atoms with E-state index in [1.807, 2.05) is 31.2 Å². The first-order chi connectivity index (χ1) is 9.60. The number of aryl methyl sites for hydroxylation is 1. The molecule has 104 valence electrons. The minimum absolute atomic E-state index is 0.312. The Hall–Kier alpha value is -1.81. The molecular weight excluding hydrogens is 318 g/mol. The number of carbonyl (C=O) groups is 1. The number of hydrogen-bond donors (Lipinski definition) is 1. The molecule has 0 aliphatic heterocycles. The van der Waals surface area contributed by atoms with Crippen LogP contribution in [-0.4, -0.2) is 13.1 Å². The molecule has 4 heteroatoms. The number of methoxy groups -OCH3 is 1. The maximum atomic E-state index is 11.4. The van der Waals surface area contributed by atoms with Crippen LogP contribution in [0.5, 0.6) is 0 Å². The van der Waals surface area contributed by atoms with Gasteiger partial charge in [0.25, 0.3) is 0 Å². The molecule has 2 aromatic rings. The fourth-order valence-corrected chi connectivity index (χ4v) is 2.17. The number of benzene rings is 2. The third-order valence-corrected chi connectivity index (χ3v) is 3.57. The Morgan fingerprint density at radius 2 is 1.90 bits per heavy atom. The molecule has 0 saturated carbocycles. The van der Waals surface area contributed by atoms with Gasteiger partial charge in [-0.1, -0.05) is 28.1 Å². The van der Waals surface area contributed by atoms with E-state index in [0.29, 0.717) is 5.56 Å². The summed E-state index contributed by atoms with van der Waals surface area (Å²) in [6.07, 6.45) is 0. The maximum Gasteiger partial charge on any atom is 0.337 e. The summed E-state index contributed by atoms with van der Waals surface area (Å²) in [5, 5.41) is 3.37. The fourth-order valence-electron chi connectivity index (χ4n) is 1.91. The van der Waals surface area contributed by atoms with E-state index in [2.05, 4.69) is 33.4 Å². The summed E-state index contributed by atoms with van der Waals surface area (Å²) in [5.41, 5.74) is 3.80. The highest BCUT2D eigenvalue weighted by atomic mass is 79.9. The van der Waals surface area contributed by atoms with E-state index < -0.39 is 0 Å². The molecule has 2 aromatic carbocycles. The van der Waals surface area contributed by atoms with Gasteiger partial charge < -0.3 is 10.1 Å². The van der Waals surface area contributed by atoms with Crippen LogP contribution in [0.25, 0.3) is 0 Å². The van der Waals surface area contributed by atoms with Crippen molar-refractivity contribution in [3.05, 3.63) is 63.6 Å². The minimum atomic E-state index is -0.312. The Bertz CT molecular complexity index is 608. The highest BCUT2D eigenvalue weighted by Gasteiger charge is 2.07. The minimum Gasteiger partial charge on any atom is -0.465 e. The zero-order valence-electron chi connectivity index (χ0n) is 11.4. The van der Waals surface area contributed by atoms with Gasteiger partial charge >= 0.3 is 5.97 Å². The number of halogens is 1. The van der Waals surface area contributed by atoms with Gasteiger partial charge in [0, 0.05) is 16.7 Å². The number of anilines is 1. The van der Waals surface area contributed by atoms with Crippen LogP contribution in [0.1, 0.15) is 21.5 Å². The number of carbonyl (C=O) groups excluding carboxylic acids is 1. The van der Waals surface area contributed by atoms with E-state index in [-0.39, 0.29) is 5.97 Å². The molecule has 0 amide bonds. The first-order valence-corrected chi connectivity index (χ1v) is 7.06. The third kappa shape index (κ3) is 3.61. The monoisotopic (exact) mass is 333 g/mol. The highest BCUT2D eigenvalue weighted by Crippen LogP contribution is 2.18. The van der Waals surface area contributed by atoms with E-state index in [1.54, 1.807) is 6.07 Å². The number of nitrogens with one attached hydrogen (secondary N) is 1. The topological polar surface area (TPSA) is 38.3 Å². The van der Waals surface area contributed by atoms with Gasteiger partial charge in [0.1, 0.15) is 0 Å². The van der Waals surface area contributed by atoms with Crippen LogP contribution in [0.2, 0.25) is 0 Å². The van der Waals surface area contributed by atoms with E-state index in [1.165, 1.54) is 12.7 Å². The normalized spacial score (nSPS) is 10.2. The predicted octanol–water partition coefficient (Wildman–Crippen LogP) is 4.16. The number of hydrogen-bond acceptors (Lipinski definition) is 3. The smallest absolute Gasteiger partial charge is 0.337 e. The molecule has 0 radical (unpaired) electrons. The average Bonchev–Trinajstić information content (AvgIpc) is 2.46. The molecule has 1 N–H and O–H groups in total. The lowest BCUT2D eigenvalue weighted by molar-refractivity contribution is 0.0600. The fraction of sp³-hybridized carbons (Fsp3) is 0.188. The summed E-state index contributed by atoms with van der Waals surface area (Å²) >= 11 is 3.42. The summed E-state index contributed by atoms with van der Waals surface area (Å²) in [5.74, 6) is -0.312. The van der Waals surface area contributed by atoms with Crippen molar-refractivity contribution in [3.8, 4) is 0 Å². The summed E-state index contributed by atoms with van der Waals surface area (Å²) in [7, 11) is 1.39. The molecule has 0 aliphatic rings. The standard InChI is InChI=1S/C16H16BrNO2/c1-11-9-13(16(19)20-2)5-8-15(11)18-10-12-3-6-14(17)7-4-12/h3-9,18H,10H2,1-2H3. The van der Waals surface area contributed by atoms with Gasteiger partial charge in [-0.15, -0.1) is 0 Å². The van der Waals surface area contributed by atoms with Crippen molar-refractivity contribution in [1.82, 2.24) is 0 Å². The van der Waals surface area contributed by atoms with Crippen molar-refractivity contribution < 1.29 is 9.53 Å². The lowest BCUT2D eigenvalue weighted by Gasteiger charge is -2.11. The molecule has 0 saturated heterocycles. The van der Waals surface area contributed by atoms with Gasteiger partial charge in [-0.25, -0.2) is 4.79 Å². The Morgan fingerprint density at radius 3 is 2.50 bits per heavy atom. The number of rotatable bonds is 4. The Kier molecular flexibility index (Phi) is 4.79. The van der Waals surface area contributed by atoms with Crippen molar-refractivity contribution in [3.63, 3.8) is 0 Å². The van der Waals surface area contributed by atoms with E-state index in [4.69, 9.17) is 4.74 Å². The molecule has 0 unspecified atom stereocenters. The summed E-state index contributed by atoms with van der Waals surface area (Å²) in [6, 6.07) is 13.7. The SMILES string of the molecule is COC(=O)c1ccc(NCc2ccc(Br)cc2)c(C)c1. The second-order valence-corrected chi connectivity index (χ2v) is 5.42. The maximum absolute atomic E-state index is 11.4. The molecule has 3 nitrogen and oxygen atoms in total. The van der Waals surface area contributed by atoms with Crippen LogP contribution in [0.3, 0.4) is 0 Å². The van der Waals surface area contributed by atoms with Crippen LogP contribution in [0, 0.1) is 6.92 Å². The summed E-state index contributed by atoms with van der Waals surface area (Å²) in [4.78, 5) is 11.4. The lowest BCUT2D eigenvalue weighted by atomic mass is 10.1. The predicted molar refractivity (Wildman–Crippen MR) is 84.0 cm³/mol. The molecule has 2 rings (SSSR count). The van der Waals surface area contributed by atoms with Gasteiger partial charge in [-0.2, -0.15) is 0 Å². The second-order valence-electron chi connectivity index (χ2n) is 4.50. The van der Waals surface area contributed by atoms with Crippen molar-refractivity contribution >= 4 is 27.6 Å². The van der Waals surface area contributed by atoms with E-state index in [9.17, 15) is 4.79 Å². The van der Waals surface area contributed by atoms with Crippen LogP contribution < -0.4 is 5.32 Å². The number of esters is 1. The first kappa shape index (κ1) is 14.6. The number of ether oxygens (including phenoxy) is 1. The molecule has 0 fully saturated rings. The molecule has 0 aromatic heterocycles. The Balaban J connectivity index is 2.06. The molecule has 0 bridgehead atoms. The van der Waals surface area contributed by atoms with Gasteiger partial charge in [-0.3, -0.25) is 0 Å². The van der Waals surface area contributed by atoms with E-state index in [0.717, 1.165) is 22.3 Å². The van der Waals surface area contributed by atoms with Crippen LogP contribution in [0.4, 0.5) is 5.69 Å². The second kappa shape index (κ2) is 6.57. The Morgan fingerprint density at radius 1 is 1.20 bits per heavy atom. The van der Waals surface area contributed by atoms with Crippen LogP contribution in [-0.2, 0) is 11.3 Å². The van der Waals surface area contributed by atoms with Gasteiger partial charge in [-0.05, 0) is 48.4 Å². The van der Waals surface area contributed by atoms with Crippen molar-refractivity contribution in [2.75, 3.05) is 12.4 Å². The average molecular weight is 334 g/mol. The summed E-state index contributed by atoms with van der Waals surface area (Å²) in [6.45, 7) is 2.71.